The zero-order chi connectivity index (χ0) is 16.9. The van der Waals surface area contributed by atoms with E-state index >= 15 is 0 Å². The summed E-state index contributed by atoms with van der Waals surface area (Å²) in [6.45, 7) is 2.26. The van der Waals surface area contributed by atoms with Crippen molar-refractivity contribution in [3.05, 3.63) is 59.9 Å². The van der Waals surface area contributed by atoms with Gasteiger partial charge in [-0.3, -0.25) is 14.1 Å². The third-order valence-electron chi connectivity index (χ3n) is 3.21. The van der Waals surface area contributed by atoms with Crippen LogP contribution in [-0.4, -0.2) is 38.7 Å². The van der Waals surface area contributed by atoms with E-state index < -0.39 is 10.0 Å². The third kappa shape index (κ3) is 4.79. The molecule has 2 aromatic rings. The van der Waals surface area contributed by atoms with Gasteiger partial charge in [-0.05, 0) is 36.8 Å². The number of benzene rings is 1. The van der Waals surface area contributed by atoms with Gasteiger partial charge in [0, 0.05) is 18.9 Å². The van der Waals surface area contributed by atoms with Gasteiger partial charge in [-0.25, -0.2) is 8.42 Å². The predicted molar refractivity (Wildman–Crippen MR) is 89.9 cm³/mol. The highest BCUT2D eigenvalue weighted by molar-refractivity contribution is 7.92. The van der Waals surface area contributed by atoms with Crippen LogP contribution in [0.15, 0.2) is 48.8 Å². The van der Waals surface area contributed by atoms with E-state index in [9.17, 15) is 13.2 Å². The molecule has 0 aliphatic rings. The van der Waals surface area contributed by atoms with Crippen molar-refractivity contribution in [2.24, 2.45) is 0 Å². The first-order valence-corrected chi connectivity index (χ1v) is 8.95. The number of hydrogen-bond acceptors (Lipinski definition) is 4. The number of nitrogens with one attached hydrogen (secondary N) is 1. The van der Waals surface area contributed by atoms with Crippen LogP contribution in [0, 0.1) is 6.92 Å². The molecular weight excluding hydrogens is 314 g/mol. The van der Waals surface area contributed by atoms with Crippen molar-refractivity contribution < 1.29 is 13.2 Å². The van der Waals surface area contributed by atoms with Gasteiger partial charge in [0.05, 0.1) is 24.1 Å². The molecule has 2 rings (SSSR count). The fraction of sp³-hybridized carbons (Fsp3) is 0.250. The molecule has 0 spiro atoms. The number of carbonyl (C=O) groups is 1. The van der Waals surface area contributed by atoms with Crippen LogP contribution in [0.5, 0.6) is 0 Å². The van der Waals surface area contributed by atoms with Crippen LogP contribution >= 0.6 is 0 Å². The fourth-order valence-electron chi connectivity index (χ4n) is 2.14. The molecular formula is C16H19N3O3S. The second kappa shape index (κ2) is 7.23. The Morgan fingerprint density at radius 2 is 2.04 bits per heavy atom. The van der Waals surface area contributed by atoms with E-state index in [0.717, 1.165) is 11.8 Å². The second-order valence-electron chi connectivity index (χ2n) is 5.17. The lowest BCUT2D eigenvalue weighted by atomic mass is 10.2. The molecule has 0 saturated heterocycles. The quantitative estimate of drug-likeness (QED) is 0.870. The molecule has 1 aromatic heterocycles. The minimum absolute atomic E-state index is 0.161. The van der Waals surface area contributed by atoms with Crippen molar-refractivity contribution in [1.82, 2.24) is 10.3 Å². The maximum absolute atomic E-state index is 12.0. The summed E-state index contributed by atoms with van der Waals surface area (Å²) >= 11 is 0. The number of anilines is 1. The average Bonchev–Trinajstić information content (AvgIpc) is 2.51. The average molecular weight is 333 g/mol. The standard InChI is InChI=1S/C16H19N3O3S/c1-13-5-3-7-15(11-13)19(23(2,21)22)10-9-18-16(20)14-6-4-8-17-12-14/h3-8,11-12H,9-10H2,1-2H3,(H,18,20). The van der Waals surface area contributed by atoms with E-state index in [1.54, 1.807) is 36.5 Å². The topological polar surface area (TPSA) is 79.4 Å². The number of rotatable bonds is 6. The highest BCUT2D eigenvalue weighted by atomic mass is 32.2. The number of aromatic nitrogens is 1. The van der Waals surface area contributed by atoms with Crippen molar-refractivity contribution in [3.8, 4) is 0 Å². The summed E-state index contributed by atoms with van der Waals surface area (Å²) in [5.74, 6) is -0.282. The molecule has 1 amide bonds. The highest BCUT2D eigenvalue weighted by Crippen LogP contribution is 2.18. The number of pyridine rings is 1. The van der Waals surface area contributed by atoms with Gasteiger partial charge in [0.25, 0.3) is 5.91 Å². The molecule has 0 aliphatic heterocycles. The molecule has 7 heteroatoms. The lowest BCUT2D eigenvalue weighted by molar-refractivity contribution is 0.0954. The van der Waals surface area contributed by atoms with Crippen LogP contribution in [0.3, 0.4) is 0 Å². The Bertz CT molecular complexity index is 776. The summed E-state index contributed by atoms with van der Waals surface area (Å²) in [6.07, 6.45) is 4.20. The second-order valence-corrected chi connectivity index (χ2v) is 7.08. The Hall–Kier alpha value is -2.41. The number of hydrogen-bond donors (Lipinski definition) is 1. The molecule has 1 aromatic carbocycles. The number of aryl methyl sites for hydroxylation is 1. The molecule has 0 atom stereocenters. The van der Waals surface area contributed by atoms with Gasteiger partial charge in [-0.2, -0.15) is 0 Å². The minimum atomic E-state index is -3.43. The maximum atomic E-state index is 12.0. The summed E-state index contributed by atoms with van der Waals surface area (Å²) in [4.78, 5) is 15.8. The number of amides is 1. The fourth-order valence-corrected chi connectivity index (χ4v) is 3.06. The molecule has 122 valence electrons. The van der Waals surface area contributed by atoms with Gasteiger partial charge in [0.2, 0.25) is 10.0 Å². The first kappa shape index (κ1) is 17.0. The number of carbonyl (C=O) groups excluding carboxylic acids is 1. The van der Waals surface area contributed by atoms with Gasteiger partial charge in [0.1, 0.15) is 0 Å². The van der Waals surface area contributed by atoms with Crippen molar-refractivity contribution in [3.63, 3.8) is 0 Å². The Morgan fingerprint density at radius 3 is 2.65 bits per heavy atom. The van der Waals surface area contributed by atoms with Crippen LogP contribution in [0.1, 0.15) is 15.9 Å². The Morgan fingerprint density at radius 1 is 1.26 bits per heavy atom. The first-order chi connectivity index (χ1) is 10.9. The monoisotopic (exact) mass is 333 g/mol. The minimum Gasteiger partial charge on any atom is -0.350 e. The summed E-state index contributed by atoms with van der Waals surface area (Å²) in [6, 6.07) is 10.5. The zero-order valence-corrected chi connectivity index (χ0v) is 13.9. The molecule has 0 aliphatic carbocycles. The van der Waals surface area contributed by atoms with Gasteiger partial charge in [-0.1, -0.05) is 12.1 Å². The molecule has 1 N–H and O–H groups in total. The normalized spacial score (nSPS) is 11.0. The summed E-state index contributed by atoms with van der Waals surface area (Å²) in [7, 11) is -3.43. The molecule has 0 saturated carbocycles. The Balaban J connectivity index is 2.04. The summed E-state index contributed by atoms with van der Waals surface area (Å²) in [5, 5.41) is 2.70. The summed E-state index contributed by atoms with van der Waals surface area (Å²) < 4.78 is 25.3. The molecule has 1 heterocycles. The molecule has 0 bridgehead atoms. The van der Waals surface area contributed by atoms with E-state index in [1.165, 1.54) is 10.5 Å². The van der Waals surface area contributed by atoms with Gasteiger partial charge in [-0.15, -0.1) is 0 Å². The molecule has 23 heavy (non-hydrogen) atoms. The van der Waals surface area contributed by atoms with Gasteiger partial charge >= 0.3 is 0 Å². The Labute approximate surface area is 136 Å². The smallest absolute Gasteiger partial charge is 0.252 e. The lowest BCUT2D eigenvalue weighted by Gasteiger charge is -2.23. The van der Waals surface area contributed by atoms with E-state index in [2.05, 4.69) is 10.3 Å². The molecule has 0 radical (unpaired) electrons. The van der Waals surface area contributed by atoms with Crippen LogP contribution in [-0.2, 0) is 10.0 Å². The van der Waals surface area contributed by atoms with E-state index in [1.807, 2.05) is 13.0 Å². The summed E-state index contributed by atoms with van der Waals surface area (Å²) in [5.41, 5.74) is 1.99. The number of sulfonamides is 1. The maximum Gasteiger partial charge on any atom is 0.252 e. The SMILES string of the molecule is Cc1cccc(N(CCNC(=O)c2cccnc2)S(C)(=O)=O)c1. The van der Waals surface area contributed by atoms with E-state index in [4.69, 9.17) is 0 Å². The van der Waals surface area contributed by atoms with E-state index in [-0.39, 0.29) is 19.0 Å². The van der Waals surface area contributed by atoms with Crippen molar-refractivity contribution in [2.75, 3.05) is 23.7 Å². The predicted octanol–water partition coefficient (Wildman–Crippen LogP) is 1.59. The van der Waals surface area contributed by atoms with Crippen molar-refractivity contribution in [2.45, 2.75) is 6.92 Å². The largest absolute Gasteiger partial charge is 0.350 e. The van der Waals surface area contributed by atoms with Gasteiger partial charge in [0.15, 0.2) is 0 Å². The van der Waals surface area contributed by atoms with Crippen molar-refractivity contribution >= 4 is 21.6 Å². The number of nitrogens with zero attached hydrogens (tertiary/aromatic N) is 2. The first-order valence-electron chi connectivity index (χ1n) is 7.10. The molecule has 0 fully saturated rings. The lowest BCUT2D eigenvalue weighted by Crippen LogP contribution is -2.38. The van der Waals surface area contributed by atoms with Crippen LogP contribution < -0.4 is 9.62 Å². The Kier molecular flexibility index (Phi) is 5.33. The van der Waals surface area contributed by atoms with E-state index in [0.29, 0.717) is 11.3 Å². The van der Waals surface area contributed by atoms with Gasteiger partial charge < -0.3 is 5.32 Å². The van der Waals surface area contributed by atoms with Crippen LogP contribution in [0.4, 0.5) is 5.69 Å². The molecule has 0 unspecified atom stereocenters. The van der Waals surface area contributed by atoms with Crippen molar-refractivity contribution in [1.29, 1.82) is 0 Å². The molecule has 6 nitrogen and oxygen atoms in total. The van der Waals surface area contributed by atoms with Crippen LogP contribution in [0.25, 0.3) is 0 Å². The third-order valence-corrected chi connectivity index (χ3v) is 4.41. The highest BCUT2D eigenvalue weighted by Gasteiger charge is 2.17. The van der Waals surface area contributed by atoms with Crippen LogP contribution in [0.2, 0.25) is 0 Å². The zero-order valence-electron chi connectivity index (χ0n) is 13.1.